The molecule has 1 aromatic heterocycles. The summed E-state index contributed by atoms with van der Waals surface area (Å²) in [6.45, 7) is -0.108. The second kappa shape index (κ2) is 8.72. The third-order valence-corrected chi connectivity index (χ3v) is 3.97. The van der Waals surface area contributed by atoms with Gasteiger partial charge in [-0.3, -0.25) is 9.59 Å². The van der Waals surface area contributed by atoms with Gasteiger partial charge in [0.15, 0.2) is 6.61 Å². The Labute approximate surface area is 161 Å². The Kier molecular flexibility index (Phi) is 5.91. The second-order valence-electron chi connectivity index (χ2n) is 5.95. The number of carbonyl (C=O) groups is 2. The van der Waals surface area contributed by atoms with Crippen molar-refractivity contribution in [3.05, 3.63) is 60.3 Å². The summed E-state index contributed by atoms with van der Waals surface area (Å²) < 4.78 is 12.2. The van der Waals surface area contributed by atoms with Crippen LogP contribution in [0.15, 0.2) is 59.8 Å². The highest BCUT2D eigenvalue weighted by molar-refractivity contribution is 6.00. The van der Waals surface area contributed by atoms with E-state index >= 15 is 0 Å². The Morgan fingerprint density at radius 1 is 1.14 bits per heavy atom. The predicted octanol–water partition coefficient (Wildman–Crippen LogP) is 1.66. The van der Waals surface area contributed by atoms with Crippen molar-refractivity contribution in [2.75, 3.05) is 13.7 Å². The molecule has 0 saturated heterocycles. The summed E-state index contributed by atoms with van der Waals surface area (Å²) in [5, 5.41) is 4.87. The van der Waals surface area contributed by atoms with E-state index in [9.17, 15) is 9.59 Å². The van der Waals surface area contributed by atoms with Crippen LogP contribution in [0.5, 0.6) is 11.5 Å². The molecule has 3 aromatic rings. The Bertz CT molecular complexity index is 1010. The third-order valence-electron chi connectivity index (χ3n) is 3.97. The van der Waals surface area contributed by atoms with Gasteiger partial charge in [-0.15, -0.1) is 0 Å². The van der Waals surface area contributed by atoms with Crippen LogP contribution >= 0.6 is 0 Å². The fourth-order valence-corrected chi connectivity index (χ4v) is 2.70. The average Bonchev–Trinajstić information content (AvgIpc) is 3.04. The van der Waals surface area contributed by atoms with Gasteiger partial charge in [0.25, 0.3) is 5.91 Å². The van der Waals surface area contributed by atoms with Gasteiger partial charge in [0.1, 0.15) is 18.0 Å². The number of nitrogens with one attached hydrogen (secondary N) is 1. The number of primary amides is 1. The van der Waals surface area contributed by atoms with Crippen molar-refractivity contribution in [1.29, 1.82) is 0 Å². The maximum absolute atomic E-state index is 11.9. The monoisotopic (exact) mass is 380 g/mol. The van der Waals surface area contributed by atoms with Crippen LogP contribution in [0.4, 0.5) is 0 Å². The van der Waals surface area contributed by atoms with Crippen molar-refractivity contribution in [1.82, 2.24) is 9.99 Å². The molecule has 0 saturated carbocycles. The van der Waals surface area contributed by atoms with Crippen LogP contribution in [0.3, 0.4) is 0 Å². The first-order valence-corrected chi connectivity index (χ1v) is 8.52. The number of fused-ring (bicyclic) bond motifs is 1. The van der Waals surface area contributed by atoms with E-state index in [1.165, 1.54) is 6.21 Å². The van der Waals surface area contributed by atoms with Crippen molar-refractivity contribution in [3.8, 4) is 11.5 Å². The number of hydrogen-bond acceptors (Lipinski definition) is 5. The molecule has 0 unspecified atom stereocenters. The van der Waals surface area contributed by atoms with Crippen molar-refractivity contribution in [3.63, 3.8) is 0 Å². The summed E-state index contributed by atoms with van der Waals surface area (Å²) in [5.41, 5.74) is 9.33. The van der Waals surface area contributed by atoms with E-state index < -0.39 is 11.8 Å². The number of para-hydroxylation sites is 1. The number of amides is 2. The average molecular weight is 380 g/mol. The Balaban J connectivity index is 1.60. The smallest absolute Gasteiger partial charge is 0.277 e. The number of nitrogens with zero attached hydrogens (tertiary/aromatic N) is 2. The van der Waals surface area contributed by atoms with Crippen LogP contribution in [0.2, 0.25) is 0 Å². The van der Waals surface area contributed by atoms with Crippen LogP contribution in [0.1, 0.15) is 5.56 Å². The number of hydrazone groups is 1. The number of rotatable bonds is 8. The molecule has 144 valence electrons. The van der Waals surface area contributed by atoms with Gasteiger partial charge in [0, 0.05) is 22.7 Å². The molecule has 0 fully saturated rings. The van der Waals surface area contributed by atoms with E-state index in [-0.39, 0.29) is 13.2 Å². The van der Waals surface area contributed by atoms with Gasteiger partial charge < -0.3 is 19.8 Å². The van der Waals surface area contributed by atoms with E-state index in [2.05, 4.69) is 10.5 Å². The molecule has 2 amide bonds. The lowest BCUT2D eigenvalue weighted by Crippen LogP contribution is -2.24. The van der Waals surface area contributed by atoms with E-state index in [1.54, 1.807) is 42.1 Å². The Morgan fingerprint density at radius 2 is 1.86 bits per heavy atom. The van der Waals surface area contributed by atoms with Gasteiger partial charge >= 0.3 is 0 Å². The highest BCUT2D eigenvalue weighted by atomic mass is 16.5. The maximum atomic E-state index is 11.9. The van der Waals surface area contributed by atoms with Crippen molar-refractivity contribution in [2.45, 2.75) is 6.54 Å². The van der Waals surface area contributed by atoms with E-state index in [0.717, 1.165) is 16.5 Å². The van der Waals surface area contributed by atoms with Crippen LogP contribution < -0.4 is 20.6 Å². The summed E-state index contributed by atoms with van der Waals surface area (Å²) in [4.78, 5) is 23.1. The fraction of sp³-hybridized carbons (Fsp3) is 0.150. The van der Waals surface area contributed by atoms with Crippen LogP contribution in [-0.2, 0) is 16.1 Å². The number of nitrogens with two attached hydrogens (primary N) is 1. The minimum absolute atomic E-state index is 0.0659. The highest BCUT2D eigenvalue weighted by Gasteiger charge is 2.08. The van der Waals surface area contributed by atoms with Gasteiger partial charge in [0.2, 0.25) is 5.91 Å². The topological polar surface area (TPSA) is 108 Å². The SMILES string of the molecule is COc1ccc(OCC(=O)NN=Cc2cn(CC(N)=O)c3ccccc23)cc1. The van der Waals surface area contributed by atoms with Crippen LogP contribution in [-0.4, -0.2) is 36.3 Å². The quantitative estimate of drug-likeness (QED) is 0.458. The van der Waals surface area contributed by atoms with Gasteiger partial charge in [-0.2, -0.15) is 5.10 Å². The minimum Gasteiger partial charge on any atom is -0.497 e. The molecule has 28 heavy (non-hydrogen) atoms. The molecule has 2 aromatic carbocycles. The molecular weight excluding hydrogens is 360 g/mol. The first-order chi connectivity index (χ1) is 13.6. The van der Waals surface area contributed by atoms with E-state index in [1.807, 2.05) is 24.3 Å². The number of hydrogen-bond donors (Lipinski definition) is 2. The second-order valence-corrected chi connectivity index (χ2v) is 5.95. The number of benzene rings is 2. The molecule has 8 nitrogen and oxygen atoms in total. The largest absolute Gasteiger partial charge is 0.497 e. The van der Waals surface area contributed by atoms with Crippen molar-refractivity contribution >= 4 is 28.9 Å². The molecule has 0 spiro atoms. The van der Waals surface area contributed by atoms with Gasteiger partial charge in [-0.25, -0.2) is 5.43 Å². The maximum Gasteiger partial charge on any atom is 0.277 e. The first-order valence-electron chi connectivity index (χ1n) is 8.52. The summed E-state index contributed by atoms with van der Waals surface area (Å²) in [7, 11) is 1.58. The Morgan fingerprint density at radius 3 is 2.57 bits per heavy atom. The molecule has 0 radical (unpaired) electrons. The van der Waals surface area contributed by atoms with E-state index in [0.29, 0.717) is 11.5 Å². The molecule has 0 bridgehead atoms. The number of carbonyl (C=O) groups excluding carboxylic acids is 2. The summed E-state index contributed by atoms with van der Waals surface area (Å²) in [6.07, 6.45) is 3.28. The zero-order valence-electron chi connectivity index (χ0n) is 15.3. The Hall–Kier alpha value is -3.81. The zero-order valence-corrected chi connectivity index (χ0v) is 15.3. The lowest BCUT2D eigenvalue weighted by molar-refractivity contribution is -0.123. The molecule has 0 aliphatic rings. The molecule has 0 aliphatic carbocycles. The zero-order chi connectivity index (χ0) is 19.9. The predicted molar refractivity (Wildman–Crippen MR) is 105 cm³/mol. The number of ether oxygens (including phenoxy) is 2. The van der Waals surface area contributed by atoms with Crippen molar-refractivity contribution < 1.29 is 19.1 Å². The number of methoxy groups -OCH3 is 1. The molecule has 8 heteroatoms. The molecule has 0 aliphatic heterocycles. The van der Waals surface area contributed by atoms with Gasteiger partial charge in [0.05, 0.1) is 13.3 Å². The lowest BCUT2D eigenvalue weighted by Gasteiger charge is -2.05. The number of aromatic nitrogens is 1. The van der Waals surface area contributed by atoms with Crippen LogP contribution in [0.25, 0.3) is 10.9 Å². The molecule has 3 rings (SSSR count). The summed E-state index contributed by atoms with van der Waals surface area (Å²) in [6, 6.07) is 14.5. The summed E-state index contributed by atoms with van der Waals surface area (Å²) >= 11 is 0. The van der Waals surface area contributed by atoms with Crippen LogP contribution in [0, 0.1) is 0 Å². The highest BCUT2D eigenvalue weighted by Crippen LogP contribution is 2.20. The lowest BCUT2D eigenvalue weighted by atomic mass is 10.2. The minimum atomic E-state index is -0.437. The molecule has 1 heterocycles. The van der Waals surface area contributed by atoms with Gasteiger partial charge in [-0.05, 0) is 30.3 Å². The van der Waals surface area contributed by atoms with E-state index in [4.69, 9.17) is 15.2 Å². The van der Waals surface area contributed by atoms with Gasteiger partial charge in [-0.1, -0.05) is 18.2 Å². The summed E-state index contributed by atoms with van der Waals surface area (Å²) in [5.74, 6) is 0.424. The molecular formula is C20H20N4O4. The molecule has 0 atom stereocenters. The standard InChI is InChI=1S/C20H20N4O4/c1-27-15-6-8-16(9-7-15)28-13-20(26)23-22-10-14-11-24(12-19(21)25)18-5-3-2-4-17(14)18/h2-11H,12-13H2,1H3,(H2,21,25)(H,23,26). The first kappa shape index (κ1) is 19.0. The third kappa shape index (κ3) is 4.67. The van der Waals surface area contributed by atoms with Crippen molar-refractivity contribution in [2.24, 2.45) is 10.8 Å². The normalized spacial score (nSPS) is 10.9. The fourth-order valence-electron chi connectivity index (χ4n) is 2.70. The molecule has 3 N–H and O–H groups in total.